The fraction of sp³-hybridized carbons (Fsp3) is 1.00. The zero-order valence-electron chi connectivity index (χ0n) is 19.3. The van der Waals surface area contributed by atoms with Crippen LogP contribution in [0.4, 0.5) is 0 Å². The predicted octanol–water partition coefficient (Wildman–Crippen LogP) is 12.6. The predicted molar refractivity (Wildman–Crippen MR) is 148 cm³/mol. The monoisotopic (exact) mass is 411 g/mol. The SMILES string of the molecule is C.C.C.C.C.CCC.CCC(C)C(C)C.CCC(C)CC.CCCC(C)CC. The number of rotatable bonds is 7. The Morgan fingerprint density at radius 1 is 0.464 bits per heavy atom. The molecule has 0 heterocycles. The third-order valence-corrected chi connectivity index (χ3v) is 4.65. The average molecular weight is 411 g/mol. The van der Waals surface area contributed by atoms with Gasteiger partial charge in [-0.25, -0.2) is 0 Å². The Kier molecular flexibility index (Phi) is 102. The van der Waals surface area contributed by atoms with Crippen molar-refractivity contribution >= 4 is 0 Å². The smallest absolute Gasteiger partial charge is 0.0422 e. The molecular formula is C28H74. The summed E-state index contributed by atoms with van der Waals surface area (Å²) in [7, 11) is 0. The maximum Gasteiger partial charge on any atom is -0.0422 e. The first-order chi connectivity index (χ1) is 10.7. The van der Waals surface area contributed by atoms with E-state index in [-0.39, 0.29) is 37.1 Å². The van der Waals surface area contributed by atoms with Crippen LogP contribution in [0.5, 0.6) is 0 Å². The summed E-state index contributed by atoms with van der Waals surface area (Å²) >= 11 is 0. The summed E-state index contributed by atoms with van der Waals surface area (Å²) in [5.41, 5.74) is 0. The Labute approximate surface area is 189 Å². The quantitative estimate of drug-likeness (QED) is 0.391. The lowest BCUT2D eigenvalue weighted by atomic mass is 9.96. The van der Waals surface area contributed by atoms with Gasteiger partial charge in [-0.2, -0.15) is 0 Å². The second-order valence-corrected chi connectivity index (χ2v) is 7.56. The molecule has 0 nitrogen and oxygen atoms in total. The minimum Gasteiger partial charge on any atom is -0.0776 e. The van der Waals surface area contributed by atoms with Crippen LogP contribution in [0.25, 0.3) is 0 Å². The molecular weight excluding hydrogens is 336 g/mol. The molecule has 0 fully saturated rings. The van der Waals surface area contributed by atoms with Crippen molar-refractivity contribution in [3.63, 3.8) is 0 Å². The van der Waals surface area contributed by atoms with Crippen LogP contribution in [0, 0.1) is 23.7 Å². The highest BCUT2D eigenvalue weighted by Gasteiger charge is 2.01. The van der Waals surface area contributed by atoms with Crippen LogP contribution in [0.2, 0.25) is 0 Å². The Morgan fingerprint density at radius 2 is 0.750 bits per heavy atom. The third-order valence-electron chi connectivity index (χ3n) is 4.65. The lowest BCUT2D eigenvalue weighted by molar-refractivity contribution is 0.407. The van der Waals surface area contributed by atoms with Gasteiger partial charge < -0.3 is 0 Å². The van der Waals surface area contributed by atoms with E-state index in [9.17, 15) is 0 Å². The van der Waals surface area contributed by atoms with Crippen LogP contribution < -0.4 is 0 Å². The molecule has 0 N–H and O–H groups in total. The minimum atomic E-state index is 0. The molecule has 0 spiro atoms. The first-order valence-electron chi connectivity index (χ1n) is 10.7. The Bertz CT molecular complexity index is 155. The molecule has 0 saturated carbocycles. The maximum absolute atomic E-state index is 2.31. The molecule has 2 unspecified atom stereocenters. The van der Waals surface area contributed by atoms with E-state index in [4.69, 9.17) is 0 Å². The molecule has 0 amide bonds. The Morgan fingerprint density at radius 3 is 0.786 bits per heavy atom. The van der Waals surface area contributed by atoms with Gasteiger partial charge in [0.25, 0.3) is 0 Å². The van der Waals surface area contributed by atoms with Crippen molar-refractivity contribution in [3.8, 4) is 0 Å². The van der Waals surface area contributed by atoms with Crippen molar-refractivity contribution in [2.45, 2.75) is 165 Å². The Balaban J connectivity index is -0.0000000239. The lowest BCUT2D eigenvalue weighted by Gasteiger charge is -2.10. The zero-order valence-corrected chi connectivity index (χ0v) is 19.3. The Hall–Kier alpha value is 0. The van der Waals surface area contributed by atoms with Gasteiger partial charge in [0.05, 0.1) is 0 Å². The molecule has 0 aliphatic rings. The molecule has 0 rings (SSSR count). The van der Waals surface area contributed by atoms with E-state index in [2.05, 4.69) is 83.1 Å². The summed E-state index contributed by atoms with van der Waals surface area (Å²) in [5.74, 6) is 3.65. The van der Waals surface area contributed by atoms with E-state index in [0.717, 1.165) is 23.7 Å². The van der Waals surface area contributed by atoms with Gasteiger partial charge in [-0.1, -0.05) is 165 Å². The van der Waals surface area contributed by atoms with Gasteiger partial charge in [0.2, 0.25) is 0 Å². The van der Waals surface area contributed by atoms with Crippen LogP contribution in [0.1, 0.15) is 165 Å². The second kappa shape index (κ2) is 50.6. The fourth-order valence-electron chi connectivity index (χ4n) is 1.46. The second-order valence-electron chi connectivity index (χ2n) is 7.56. The summed E-state index contributed by atoms with van der Waals surface area (Å²) in [5, 5.41) is 0. The van der Waals surface area contributed by atoms with Crippen molar-refractivity contribution in [1.29, 1.82) is 0 Å². The van der Waals surface area contributed by atoms with Gasteiger partial charge in [0.1, 0.15) is 0 Å². The van der Waals surface area contributed by atoms with Gasteiger partial charge in [-0.3, -0.25) is 0 Å². The van der Waals surface area contributed by atoms with E-state index in [0.29, 0.717) is 0 Å². The van der Waals surface area contributed by atoms with Crippen LogP contribution >= 0.6 is 0 Å². The van der Waals surface area contributed by atoms with Crippen LogP contribution in [-0.2, 0) is 0 Å². The molecule has 0 bridgehead atoms. The molecule has 0 saturated heterocycles. The van der Waals surface area contributed by atoms with Crippen molar-refractivity contribution in [3.05, 3.63) is 0 Å². The first-order valence-corrected chi connectivity index (χ1v) is 10.7. The molecule has 0 aliphatic heterocycles. The fourth-order valence-corrected chi connectivity index (χ4v) is 1.46. The number of hydrogen-bond donors (Lipinski definition) is 0. The molecule has 186 valence electrons. The highest BCUT2D eigenvalue weighted by atomic mass is 14.1. The normalized spacial score (nSPS) is 10.1. The minimum absolute atomic E-state index is 0. The van der Waals surface area contributed by atoms with E-state index in [1.807, 2.05) is 0 Å². The molecule has 0 aromatic rings. The van der Waals surface area contributed by atoms with E-state index < -0.39 is 0 Å². The van der Waals surface area contributed by atoms with E-state index in [1.165, 1.54) is 44.9 Å². The maximum atomic E-state index is 2.31. The van der Waals surface area contributed by atoms with Crippen molar-refractivity contribution in [2.24, 2.45) is 23.7 Å². The number of hydrogen-bond acceptors (Lipinski definition) is 0. The van der Waals surface area contributed by atoms with Gasteiger partial charge >= 0.3 is 0 Å². The summed E-state index contributed by atoms with van der Waals surface area (Å²) < 4.78 is 0. The van der Waals surface area contributed by atoms with Gasteiger partial charge in [0, 0.05) is 0 Å². The van der Waals surface area contributed by atoms with Crippen LogP contribution in [0.15, 0.2) is 0 Å². The van der Waals surface area contributed by atoms with Crippen molar-refractivity contribution in [1.82, 2.24) is 0 Å². The van der Waals surface area contributed by atoms with Crippen LogP contribution in [-0.4, -0.2) is 0 Å². The lowest BCUT2D eigenvalue weighted by Crippen LogP contribution is -2.00. The molecule has 2 atom stereocenters. The average Bonchev–Trinajstić information content (AvgIpc) is 2.55. The highest BCUT2D eigenvalue weighted by Crippen LogP contribution is 2.11. The van der Waals surface area contributed by atoms with Gasteiger partial charge in [0.15, 0.2) is 0 Å². The molecule has 0 heteroatoms. The third kappa shape index (κ3) is 72.2. The molecule has 0 radical (unpaired) electrons. The first kappa shape index (κ1) is 56.5. The zero-order chi connectivity index (χ0) is 19.3. The van der Waals surface area contributed by atoms with E-state index >= 15 is 0 Å². The molecule has 0 aromatic heterocycles. The summed E-state index contributed by atoms with van der Waals surface area (Å²) in [6.45, 7) is 26.9. The largest absolute Gasteiger partial charge is 0.0776 e. The molecule has 0 aromatic carbocycles. The molecule has 28 heavy (non-hydrogen) atoms. The van der Waals surface area contributed by atoms with Gasteiger partial charge in [-0.05, 0) is 23.7 Å². The summed E-state index contributed by atoms with van der Waals surface area (Å²) in [4.78, 5) is 0. The highest BCUT2D eigenvalue weighted by molar-refractivity contribution is 4.52. The van der Waals surface area contributed by atoms with Crippen molar-refractivity contribution in [2.75, 3.05) is 0 Å². The van der Waals surface area contributed by atoms with E-state index in [1.54, 1.807) is 0 Å². The molecule has 0 aliphatic carbocycles. The topological polar surface area (TPSA) is 0 Å². The summed E-state index contributed by atoms with van der Waals surface area (Å²) in [6, 6.07) is 0. The standard InChI is InChI=1S/2C7H16.C6H14.C3H8.5CH4/c1-5-7(4)6(2)3;1-4-6-7(3)5-2;1-4-6(3)5-2;1-3-2;;;;;/h6-7H,5H2,1-4H3;7H,4-6H2,1-3H3;6H,4-5H2,1-3H3;3H2,1-2H3;5*1H4. The van der Waals surface area contributed by atoms with Crippen molar-refractivity contribution < 1.29 is 0 Å². The summed E-state index contributed by atoms with van der Waals surface area (Å²) in [6.07, 6.45) is 9.31. The van der Waals surface area contributed by atoms with Gasteiger partial charge in [-0.15, -0.1) is 0 Å². The van der Waals surface area contributed by atoms with Crippen LogP contribution in [0.3, 0.4) is 0 Å².